The van der Waals surface area contributed by atoms with Gasteiger partial charge in [-0.25, -0.2) is 13.2 Å². The average Bonchev–Trinajstić information content (AvgIpc) is 2.38. The number of nitrogens with two attached hydrogens (primary N) is 1. The Morgan fingerprint density at radius 1 is 1.29 bits per heavy atom. The molecule has 0 aromatic heterocycles. The first-order valence-corrected chi connectivity index (χ1v) is 8.16. The van der Waals surface area contributed by atoms with E-state index < -0.39 is 39.8 Å². The first kappa shape index (κ1) is 19.3. The SMILES string of the molecule is COC(=O)CCC(NC(=O)C(N)CCS(C)(=O)=O)C(=O)O. The highest BCUT2D eigenvalue weighted by Crippen LogP contribution is 2.01. The van der Waals surface area contributed by atoms with Crippen LogP contribution in [0.25, 0.3) is 0 Å². The van der Waals surface area contributed by atoms with Crippen LogP contribution in [0.5, 0.6) is 0 Å². The zero-order valence-corrected chi connectivity index (χ0v) is 12.7. The maximum Gasteiger partial charge on any atom is 0.326 e. The summed E-state index contributed by atoms with van der Waals surface area (Å²) < 4.78 is 26.3. The fourth-order valence-electron chi connectivity index (χ4n) is 1.37. The van der Waals surface area contributed by atoms with Gasteiger partial charge < -0.3 is 20.9 Å². The van der Waals surface area contributed by atoms with Crippen molar-refractivity contribution in [3.8, 4) is 0 Å². The fourth-order valence-corrected chi connectivity index (χ4v) is 2.05. The summed E-state index contributed by atoms with van der Waals surface area (Å²) in [6.45, 7) is 0. The number of rotatable bonds is 9. The molecule has 9 nitrogen and oxygen atoms in total. The molecule has 21 heavy (non-hydrogen) atoms. The van der Waals surface area contributed by atoms with E-state index in [1.165, 1.54) is 0 Å². The van der Waals surface area contributed by atoms with Gasteiger partial charge in [0, 0.05) is 12.7 Å². The summed E-state index contributed by atoms with van der Waals surface area (Å²) in [7, 11) is -2.10. The number of carboxylic acid groups (broad SMARTS) is 1. The molecule has 1 amide bonds. The largest absolute Gasteiger partial charge is 0.480 e. The lowest BCUT2D eigenvalue weighted by Crippen LogP contribution is -2.49. The third-order valence-corrected chi connectivity index (χ3v) is 3.59. The fraction of sp³-hybridized carbons (Fsp3) is 0.727. The summed E-state index contributed by atoms with van der Waals surface area (Å²) in [6, 6.07) is -2.43. The van der Waals surface area contributed by atoms with Crippen LogP contribution in [-0.4, -0.2) is 62.6 Å². The lowest BCUT2D eigenvalue weighted by Gasteiger charge is -2.17. The van der Waals surface area contributed by atoms with E-state index in [0.717, 1.165) is 13.4 Å². The molecule has 0 saturated carbocycles. The monoisotopic (exact) mass is 324 g/mol. The van der Waals surface area contributed by atoms with Crippen LogP contribution in [0, 0.1) is 0 Å². The highest BCUT2D eigenvalue weighted by atomic mass is 32.2. The van der Waals surface area contributed by atoms with Crippen LogP contribution in [0.15, 0.2) is 0 Å². The van der Waals surface area contributed by atoms with Crippen LogP contribution in [0.2, 0.25) is 0 Å². The standard InChI is InChI=1S/C11H20N2O7S/c1-20-9(14)4-3-8(11(16)17)13-10(15)7(12)5-6-21(2,18)19/h7-8H,3-6,12H2,1-2H3,(H,13,15)(H,16,17). The Bertz CT molecular complexity index is 489. The molecule has 0 aliphatic rings. The van der Waals surface area contributed by atoms with Gasteiger partial charge in [0.15, 0.2) is 0 Å². The number of carbonyl (C=O) groups excluding carboxylic acids is 2. The molecule has 0 aliphatic carbocycles. The van der Waals surface area contributed by atoms with Crippen molar-refractivity contribution < 1.29 is 32.6 Å². The van der Waals surface area contributed by atoms with E-state index in [0.29, 0.717) is 0 Å². The number of amides is 1. The van der Waals surface area contributed by atoms with Crippen LogP contribution in [0.4, 0.5) is 0 Å². The maximum atomic E-state index is 11.7. The van der Waals surface area contributed by atoms with Gasteiger partial charge >= 0.3 is 11.9 Å². The average molecular weight is 324 g/mol. The summed E-state index contributed by atoms with van der Waals surface area (Å²) in [5.74, 6) is -2.98. The molecule has 0 bridgehead atoms. The molecule has 0 spiro atoms. The number of nitrogens with one attached hydrogen (secondary N) is 1. The Hall–Kier alpha value is -1.68. The van der Waals surface area contributed by atoms with E-state index in [1.54, 1.807) is 0 Å². The van der Waals surface area contributed by atoms with Gasteiger partial charge in [-0.2, -0.15) is 0 Å². The van der Waals surface area contributed by atoms with Gasteiger partial charge in [-0.1, -0.05) is 0 Å². The quantitative estimate of drug-likeness (QED) is 0.423. The molecule has 4 N–H and O–H groups in total. The second-order valence-corrected chi connectivity index (χ2v) is 6.80. The predicted molar refractivity (Wildman–Crippen MR) is 73.1 cm³/mol. The Balaban J connectivity index is 4.46. The van der Waals surface area contributed by atoms with Crippen LogP contribution in [0.3, 0.4) is 0 Å². The molecule has 10 heteroatoms. The van der Waals surface area contributed by atoms with E-state index in [-0.39, 0.29) is 25.0 Å². The van der Waals surface area contributed by atoms with E-state index in [9.17, 15) is 22.8 Å². The van der Waals surface area contributed by atoms with Crippen LogP contribution >= 0.6 is 0 Å². The van der Waals surface area contributed by atoms with Gasteiger partial charge in [0.2, 0.25) is 5.91 Å². The molecule has 122 valence electrons. The summed E-state index contributed by atoms with van der Waals surface area (Å²) in [5, 5.41) is 11.1. The molecule has 0 aromatic carbocycles. The first-order valence-electron chi connectivity index (χ1n) is 6.10. The van der Waals surface area contributed by atoms with Crippen molar-refractivity contribution in [3.05, 3.63) is 0 Å². The van der Waals surface area contributed by atoms with Crippen molar-refractivity contribution in [1.29, 1.82) is 0 Å². The molecule has 0 rings (SSSR count). The second kappa shape index (κ2) is 8.57. The molecular weight excluding hydrogens is 304 g/mol. The third kappa shape index (κ3) is 8.97. The number of ether oxygens (including phenoxy) is 1. The minimum Gasteiger partial charge on any atom is -0.480 e. The van der Waals surface area contributed by atoms with E-state index in [1.807, 2.05) is 0 Å². The Morgan fingerprint density at radius 3 is 2.29 bits per heavy atom. The lowest BCUT2D eigenvalue weighted by molar-refractivity contribution is -0.144. The van der Waals surface area contributed by atoms with Crippen molar-refractivity contribution in [3.63, 3.8) is 0 Å². The molecule has 0 aliphatic heterocycles. The van der Waals surface area contributed by atoms with Crippen LogP contribution < -0.4 is 11.1 Å². The topological polar surface area (TPSA) is 153 Å². The van der Waals surface area contributed by atoms with Crippen molar-refractivity contribution in [2.75, 3.05) is 19.1 Å². The third-order valence-electron chi connectivity index (χ3n) is 2.62. The summed E-state index contributed by atoms with van der Waals surface area (Å²) in [6.07, 6.45) is 0.570. The smallest absolute Gasteiger partial charge is 0.326 e. The highest BCUT2D eigenvalue weighted by Gasteiger charge is 2.24. The molecule has 0 radical (unpaired) electrons. The van der Waals surface area contributed by atoms with Gasteiger partial charge in [0.25, 0.3) is 0 Å². The van der Waals surface area contributed by atoms with Gasteiger partial charge in [-0.15, -0.1) is 0 Å². The normalized spacial score (nSPS) is 14.0. The summed E-state index contributed by atoms with van der Waals surface area (Å²) >= 11 is 0. The van der Waals surface area contributed by atoms with Gasteiger partial charge in [0.1, 0.15) is 15.9 Å². The highest BCUT2D eigenvalue weighted by molar-refractivity contribution is 7.90. The number of carboxylic acids is 1. The Labute approximate surface area is 122 Å². The molecule has 0 saturated heterocycles. The van der Waals surface area contributed by atoms with Crippen LogP contribution in [-0.2, 0) is 29.0 Å². The minimum absolute atomic E-state index is 0.117. The summed E-state index contributed by atoms with van der Waals surface area (Å²) in [5.41, 5.74) is 5.49. The molecule has 0 heterocycles. The number of carbonyl (C=O) groups is 3. The van der Waals surface area contributed by atoms with E-state index in [2.05, 4.69) is 10.1 Å². The number of hydrogen-bond donors (Lipinski definition) is 3. The molecular formula is C11H20N2O7S. The molecule has 2 atom stereocenters. The van der Waals surface area contributed by atoms with E-state index in [4.69, 9.17) is 10.8 Å². The zero-order chi connectivity index (χ0) is 16.6. The Kier molecular flexibility index (Phi) is 7.89. The molecule has 0 aromatic rings. The number of aliphatic carboxylic acids is 1. The number of hydrogen-bond acceptors (Lipinski definition) is 7. The van der Waals surface area contributed by atoms with Crippen molar-refractivity contribution >= 4 is 27.7 Å². The van der Waals surface area contributed by atoms with Gasteiger partial charge in [-0.3, -0.25) is 9.59 Å². The van der Waals surface area contributed by atoms with Crippen LogP contribution in [0.1, 0.15) is 19.3 Å². The second-order valence-electron chi connectivity index (χ2n) is 4.54. The maximum absolute atomic E-state index is 11.7. The van der Waals surface area contributed by atoms with Gasteiger partial charge in [0.05, 0.1) is 18.9 Å². The van der Waals surface area contributed by atoms with Crippen molar-refractivity contribution in [2.45, 2.75) is 31.3 Å². The van der Waals surface area contributed by atoms with E-state index >= 15 is 0 Å². The predicted octanol–water partition coefficient (Wildman–Crippen LogP) is -1.73. The lowest BCUT2D eigenvalue weighted by atomic mass is 10.1. The van der Waals surface area contributed by atoms with Gasteiger partial charge in [-0.05, 0) is 12.8 Å². The van der Waals surface area contributed by atoms with Crippen molar-refractivity contribution in [1.82, 2.24) is 5.32 Å². The summed E-state index contributed by atoms with van der Waals surface area (Å²) in [4.78, 5) is 33.6. The first-order chi connectivity index (χ1) is 9.56. The minimum atomic E-state index is -3.26. The molecule has 0 fully saturated rings. The number of esters is 1. The number of methoxy groups -OCH3 is 1. The Morgan fingerprint density at radius 2 is 1.86 bits per heavy atom. The molecule has 2 unspecified atom stereocenters. The number of sulfone groups is 1. The zero-order valence-electron chi connectivity index (χ0n) is 11.9. The van der Waals surface area contributed by atoms with Crippen molar-refractivity contribution in [2.24, 2.45) is 5.73 Å².